The van der Waals surface area contributed by atoms with Crippen molar-refractivity contribution in [2.75, 3.05) is 19.6 Å². The first kappa shape index (κ1) is 34.5. The Hall–Kier alpha value is -4.41. The Morgan fingerprint density at radius 1 is 0.913 bits per heavy atom. The number of H-pyrrole nitrogens is 1. The molecule has 2 atom stereocenters. The minimum Gasteiger partial charge on any atom is -0.390 e. The topological polar surface area (TPSA) is 110 Å². The molecule has 4 N–H and O–H groups in total. The average Bonchev–Trinajstić information content (AvgIpc) is 3.59. The first-order valence-corrected chi connectivity index (χ1v) is 15.9. The summed E-state index contributed by atoms with van der Waals surface area (Å²) in [4.78, 5) is 36.5. The van der Waals surface area contributed by atoms with Gasteiger partial charge in [0.2, 0.25) is 0 Å². The van der Waals surface area contributed by atoms with E-state index < -0.39 is 29.7 Å². The normalized spacial score (nSPS) is 12.5. The molecule has 0 radical (unpaired) electrons. The summed E-state index contributed by atoms with van der Waals surface area (Å²) < 4.78 is 28.2. The fourth-order valence-electron chi connectivity index (χ4n) is 5.46. The number of aromatic nitrogens is 2. The first-order valence-electron chi connectivity index (χ1n) is 15.9. The Labute approximate surface area is 269 Å². The van der Waals surface area contributed by atoms with Gasteiger partial charge in [-0.05, 0) is 72.7 Å². The minimum atomic E-state index is -1.11. The molecule has 0 aliphatic carbocycles. The molecule has 4 aromatic rings. The number of hydrogen-bond acceptors (Lipinski definition) is 5. The van der Waals surface area contributed by atoms with E-state index in [0.29, 0.717) is 36.6 Å². The molecule has 1 aromatic heterocycles. The monoisotopic (exact) mass is 631 g/mol. The molecule has 0 saturated heterocycles. The zero-order chi connectivity index (χ0) is 33.1. The summed E-state index contributed by atoms with van der Waals surface area (Å²) in [5, 5.41) is 17.4. The molecule has 0 aliphatic rings. The van der Waals surface area contributed by atoms with Gasteiger partial charge in [-0.1, -0.05) is 45.0 Å². The average molecular weight is 632 g/mol. The molecule has 1 heterocycles. The molecule has 0 spiro atoms. The van der Waals surface area contributed by atoms with Crippen LogP contribution in [0.4, 0.5) is 8.78 Å². The summed E-state index contributed by atoms with van der Waals surface area (Å²) in [7, 11) is 0. The zero-order valence-corrected chi connectivity index (χ0v) is 26.7. The Balaban J connectivity index is 1.60. The second-order valence-electron chi connectivity index (χ2n) is 11.5. The Kier molecular flexibility index (Phi) is 12.6. The van der Waals surface area contributed by atoms with Crippen LogP contribution in [0.15, 0.2) is 73.1 Å². The third-order valence-electron chi connectivity index (χ3n) is 7.73. The number of aliphatic hydroxyl groups excluding tert-OH is 1. The van der Waals surface area contributed by atoms with Gasteiger partial charge in [-0.25, -0.2) is 13.8 Å². The molecular formula is C36H43F2N5O3. The third-order valence-corrected chi connectivity index (χ3v) is 7.73. The Bertz CT molecular complexity index is 1570. The number of carbonyl (C=O) groups excluding carboxylic acids is 2. The number of halogens is 2. The van der Waals surface area contributed by atoms with Crippen molar-refractivity contribution in [2.24, 2.45) is 0 Å². The molecule has 0 aliphatic heterocycles. The van der Waals surface area contributed by atoms with E-state index in [0.717, 1.165) is 30.9 Å². The van der Waals surface area contributed by atoms with E-state index in [4.69, 9.17) is 0 Å². The van der Waals surface area contributed by atoms with E-state index in [1.807, 2.05) is 32.0 Å². The molecule has 46 heavy (non-hydrogen) atoms. The highest BCUT2D eigenvalue weighted by Gasteiger charge is 2.25. The van der Waals surface area contributed by atoms with Crippen LogP contribution in [0.2, 0.25) is 0 Å². The summed E-state index contributed by atoms with van der Waals surface area (Å²) in [6.07, 6.45) is 4.57. The van der Waals surface area contributed by atoms with Crippen LogP contribution < -0.4 is 10.6 Å². The number of hydrogen-bond donors (Lipinski definition) is 4. The SMILES string of the molecule is CCCN(CCC)C(=O)c1cc(C(=O)N[C@@H](Cc2cc(F)cc(F)c2)C(O)CNCc2cccc(CC)c2)cc(-c2ncc[nH]2)c1. The van der Waals surface area contributed by atoms with Crippen LogP contribution in [0.3, 0.4) is 0 Å². The molecule has 2 amide bonds. The number of amides is 2. The predicted octanol–water partition coefficient (Wildman–Crippen LogP) is 5.67. The number of carbonyl (C=O) groups is 2. The van der Waals surface area contributed by atoms with E-state index in [-0.39, 0.29) is 30.0 Å². The van der Waals surface area contributed by atoms with Crippen LogP contribution in [-0.4, -0.2) is 63.6 Å². The first-order chi connectivity index (χ1) is 22.2. The van der Waals surface area contributed by atoms with E-state index in [2.05, 4.69) is 33.6 Å². The van der Waals surface area contributed by atoms with Crippen LogP contribution >= 0.6 is 0 Å². The lowest BCUT2D eigenvalue weighted by molar-refractivity contribution is 0.0755. The molecule has 4 rings (SSSR count). The fourth-order valence-corrected chi connectivity index (χ4v) is 5.46. The molecule has 1 unspecified atom stereocenters. The second-order valence-corrected chi connectivity index (χ2v) is 11.5. The molecule has 0 fully saturated rings. The second kappa shape index (κ2) is 16.8. The maximum atomic E-state index is 14.1. The summed E-state index contributed by atoms with van der Waals surface area (Å²) in [6, 6.07) is 15.2. The summed E-state index contributed by atoms with van der Waals surface area (Å²) >= 11 is 0. The number of benzene rings is 3. The molecule has 8 nitrogen and oxygen atoms in total. The highest BCUT2D eigenvalue weighted by Crippen LogP contribution is 2.22. The van der Waals surface area contributed by atoms with Crippen molar-refractivity contribution in [3.8, 4) is 11.4 Å². The van der Waals surface area contributed by atoms with Gasteiger partial charge in [-0.15, -0.1) is 0 Å². The quantitative estimate of drug-likeness (QED) is 0.127. The Morgan fingerprint density at radius 3 is 2.26 bits per heavy atom. The largest absolute Gasteiger partial charge is 0.390 e. The van der Waals surface area contributed by atoms with E-state index in [1.165, 1.54) is 23.8 Å². The molecule has 3 aromatic carbocycles. The van der Waals surface area contributed by atoms with Crippen molar-refractivity contribution in [1.29, 1.82) is 0 Å². The fraction of sp³-hybridized carbons (Fsp3) is 0.361. The Morgan fingerprint density at radius 2 is 1.61 bits per heavy atom. The molecule has 10 heteroatoms. The van der Waals surface area contributed by atoms with Gasteiger partial charge in [0, 0.05) is 61.3 Å². The van der Waals surface area contributed by atoms with E-state index in [1.54, 1.807) is 29.4 Å². The maximum Gasteiger partial charge on any atom is 0.253 e. The van der Waals surface area contributed by atoms with Crippen LogP contribution in [-0.2, 0) is 19.4 Å². The van der Waals surface area contributed by atoms with Crippen LogP contribution in [0, 0.1) is 11.6 Å². The third kappa shape index (κ3) is 9.55. The number of imidazole rings is 1. The molecule has 244 valence electrons. The van der Waals surface area contributed by atoms with Crippen molar-refractivity contribution in [3.05, 3.63) is 113 Å². The lowest BCUT2D eigenvalue weighted by Crippen LogP contribution is -2.48. The van der Waals surface area contributed by atoms with Crippen LogP contribution in [0.25, 0.3) is 11.4 Å². The van der Waals surface area contributed by atoms with Crippen molar-refractivity contribution >= 4 is 11.8 Å². The summed E-state index contributed by atoms with van der Waals surface area (Å²) in [5.41, 5.74) is 3.60. The number of aromatic amines is 1. The highest BCUT2D eigenvalue weighted by atomic mass is 19.1. The maximum absolute atomic E-state index is 14.1. The smallest absolute Gasteiger partial charge is 0.253 e. The van der Waals surface area contributed by atoms with Gasteiger partial charge in [0.05, 0.1) is 12.1 Å². The number of aliphatic hydroxyl groups is 1. The lowest BCUT2D eigenvalue weighted by atomic mass is 9.99. The summed E-state index contributed by atoms with van der Waals surface area (Å²) in [5.74, 6) is -1.75. The van der Waals surface area contributed by atoms with Crippen LogP contribution in [0.1, 0.15) is 71.0 Å². The van der Waals surface area contributed by atoms with Gasteiger partial charge in [0.15, 0.2) is 0 Å². The van der Waals surface area contributed by atoms with Gasteiger partial charge < -0.3 is 25.6 Å². The molecule has 0 bridgehead atoms. The number of nitrogens with one attached hydrogen (secondary N) is 3. The van der Waals surface area contributed by atoms with Gasteiger partial charge in [-0.3, -0.25) is 9.59 Å². The van der Waals surface area contributed by atoms with Gasteiger partial charge in [0.1, 0.15) is 17.5 Å². The van der Waals surface area contributed by atoms with Crippen LogP contribution in [0.5, 0.6) is 0 Å². The standard InChI is InChI=1S/C36H43F2N5O3/c1-4-12-43(13-5-2)36(46)29-19-27(34-40-10-11-41-34)18-28(20-29)35(45)42-32(17-26-15-30(37)21-31(38)16-26)33(44)23-39-22-25-9-7-8-24(6-3)14-25/h7-11,14-16,18-21,32-33,39,44H,4-6,12-13,17,22-23H2,1-3H3,(H,40,41)(H,42,45)/t32-,33?/m0/s1. The molecular weight excluding hydrogens is 588 g/mol. The van der Waals surface area contributed by atoms with Crippen molar-refractivity contribution in [1.82, 2.24) is 25.5 Å². The number of rotatable bonds is 16. The minimum absolute atomic E-state index is 0.0287. The van der Waals surface area contributed by atoms with E-state index >= 15 is 0 Å². The van der Waals surface area contributed by atoms with Gasteiger partial charge in [-0.2, -0.15) is 0 Å². The molecule has 0 saturated carbocycles. The van der Waals surface area contributed by atoms with Gasteiger partial charge >= 0.3 is 0 Å². The van der Waals surface area contributed by atoms with Crippen molar-refractivity contribution in [3.63, 3.8) is 0 Å². The predicted molar refractivity (Wildman–Crippen MR) is 175 cm³/mol. The number of nitrogens with zero attached hydrogens (tertiary/aromatic N) is 2. The zero-order valence-electron chi connectivity index (χ0n) is 26.7. The summed E-state index contributed by atoms with van der Waals surface area (Å²) in [6.45, 7) is 7.83. The van der Waals surface area contributed by atoms with Crippen molar-refractivity contribution in [2.45, 2.75) is 65.1 Å². The van der Waals surface area contributed by atoms with E-state index in [9.17, 15) is 23.5 Å². The lowest BCUT2D eigenvalue weighted by Gasteiger charge is -2.25. The van der Waals surface area contributed by atoms with Gasteiger partial charge in [0.25, 0.3) is 11.8 Å². The highest BCUT2D eigenvalue weighted by molar-refractivity contribution is 6.01. The number of aryl methyl sites for hydroxylation is 1. The van der Waals surface area contributed by atoms with Crippen molar-refractivity contribution < 1.29 is 23.5 Å².